The Balaban J connectivity index is 1.87. The van der Waals surface area contributed by atoms with Gasteiger partial charge in [-0.15, -0.1) is 0 Å². The quantitative estimate of drug-likeness (QED) is 0.245. The van der Waals surface area contributed by atoms with Gasteiger partial charge in [0.05, 0.1) is 16.9 Å². The number of pyridine rings is 1. The third kappa shape index (κ3) is 5.13. The van der Waals surface area contributed by atoms with E-state index in [9.17, 15) is 9.59 Å². The molecular formula is C34H35F2N5O2. The van der Waals surface area contributed by atoms with Crippen molar-refractivity contribution in [3.8, 4) is 16.8 Å². The number of piperazine rings is 1. The number of benzene rings is 2. The summed E-state index contributed by atoms with van der Waals surface area (Å²) in [7, 11) is 0. The zero-order valence-corrected chi connectivity index (χ0v) is 25.1. The number of carbonyl (C=O) groups is 1. The van der Waals surface area contributed by atoms with E-state index in [-0.39, 0.29) is 35.0 Å². The number of hydrogen-bond donors (Lipinski definition) is 0. The van der Waals surface area contributed by atoms with Crippen molar-refractivity contribution in [1.29, 1.82) is 0 Å². The number of amides is 1. The minimum atomic E-state index is -0.665. The van der Waals surface area contributed by atoms with Gasteiger partial charge in [-0.05, 0) is 68.2 Å². The molecule has 1 aliphatic heterocycles. The maximum Gasteiger partial charge on any atom is 0.354 e. The fourth-order valence-corrected chi connectivity index (χ4v) is 6.16. The summed E-state index contributed by atoms with van der Waals surface area (Å²) in [6, 6.07) is 8.64. The van der Waals surface area contributed by atoms with E-state index in [2.05, 4.69) is 23.1 Å². The number of halogens is 2. The Morgan fingerprint density at radius 2 is 1.77 bits per heavy atom. The molecule has 3 heterocycles. The van der Waals surface area contributed by atoms with Crippen molar-refractivity contribution in [1.82, 2.24) is 19.4 Å². The number of hydrogen-bond acceptors (Lipinski definition) is 5. The minimum absolute atomic E-state index is 0.000867. The summed E-state index contributed by atoms with van der Waals surface area (Å²) in [5.41, 5.74) is 2.31. The Morgan fingerprint density at radius 1 is 1.07 bits per heavy atom. The molecule has 0 bridgehead atoms. The second kappa shape index (κ2) is 11.6. The first kappa shape index (κ1) is 29.8. The monoisotopic (exact) mass is 583 g/mol. The third-order valence-corrected chi connectivity index (χ3v) is 8.07. The van der Waals surface area contributed by atoms with Gasteiger partial charge in [0, 0.05) is 47.9 Å². The summed E-state index contributed by atoms with van der Waals surface area (Å²) in [5.74, 6) is -1.19. The van der Waals surface area contributed by atoms with Gasteiger partial charge in [0.25, 0.3) is 0 Å². The van der Waals surface area contributed by atoms with E-state index in [0.29, 0.717) is 46.8 Å². The zero-order chi connectivity index (χ0) is 31.2. The summed E-state index contributed by atoms with van der Waals surface area (Å²) in [6.07, 6.45) is 4.45. The molecule has 0 N–H and O–H groups in total. The fourth-order valence-electron chi connectivity index (χ4n) is 6.16. The van der Waals surface area contributed by atoms with Crippen molar-refractivity contribution in [2.45, 2.75) is 52.6 Å². The average Bonchev–Trinajstić information content (AvgIpc) is 2.96. The number of aromatic nitrogens is 3. The second-order valence-electron chi connectivity index (χ2n) is 11.4. The van der Waals surface area contributed by atoms with Crippen LogP contribution in [0.2, 0.25) is 0 Å². The summed E-state index contributed by atoms with van der Waals surface area (Å²) in [5, 5.41) is 0.387. The molecule has 1 saturated heterocycles. The van der Waals surface area contributed by atoms with Gasteiger partial charge in [0.2, 0.25) is 5.91 Å². The van der Waals surface area contributed by atoms with E-state index in [4.69, 9.17) is 0 Å². The molecule has 1 fully saturated rings. The van der Waals surface area contributed by atoms with Gasteiger partial charge in [-0.3, -0.25) is 14.3 Å². The molecule has 2 aromatic carbocycles. The molecule has 0 unspecified atom stereocenters. The van der Waals surface area contributed by atoms with E-state index in [1.165, 1.54) is 34.9 Å². The Kier molecular flexibility index (Phi) is 8.01. The summed E-state index contributed by atoms with van der Waals surface area (Å²) < 4.78 is 32.9. The molecule has 43 heavy (non-hydrogen) atoms. The van der Waals surface area contributed by atoms with Gasteiger partial charge in [-0.25, -0.2) is 13.6 Å². The SMILES string of the molecule is C=CC(=O)N1C[C@H](C)N(c2nc(=O)n(-c3c(C)ccnc3C(C)C)c3cc(-c4c(F)cccc4C=C)c(F)cc23)[C@@H](C)C1. The van der Waals surface area contributed by atoms with Crippen LogP contribution in [0.1, 0.15) is 50.4 Å². The van der Waals surface area contributed by atoms with Crippen LogP contribution >= 0.6 is 0 Å². The van der Waals surface area contributed by atoms with E-state index < -0.39 is 17.3 Å². The third-order valence-electron chi connectivity index (χ3n) is 8.07. The van der Waals surface area contributed by atoms with Crippen molar-refractivity contribution in [2.75, 3.05) is 18.0 Å². The van der Waals surface area contributed by atoms with Crippen molar-refractivity contribution < 1.29 is 13.6 Å². The average molecular weight is 584 g/mol. The van der Waals surface area contributed by atoms with Gasteiger partial charge in [-0.2, -0.15) is 4.98 Å². The molecule has 1 amide bonds. The Labute approximate surface area is 249 Å². The smallest absolute Gasteiger partial charge is 0.347 e. The van der Waals surface area contributed by atoms with Gasteiger partial charge in [0.15, 0.2) is 0 Å². The first-order valence-electron chi connectivity index (χ1n) is 14.3. The highest BCUT2D eigenvalue weighted by atomic mass is 19.1. The number of nitrogens with zero attached hydrogens (tertiary/aromatic N) is 5. The van der Waals surface area contributed by atoms with E-state index in [1.54, 1.807) is 23.2 Å². The highest BCUT2D eigenvalue weighted by molar-refractivity contribution is 5.95. The maximum atomic E-state index is 16.2. The van der Waals surface area contributed by atoms with Crippen molar-refractivity contribution in [2.24, 2.45) is 0 Å². The van der Waals surface area contributed by atoms with Crippen LogP contribution < -0.4 is 10.6 Å². The topological polar surface area (TPSA) is 71.3 Å². The first-order valence-corrected chi connectivity index (χ1v) is 14.3. The summed E-state index contributed by atoms with van der Waals surface area (Å²) >= 11 is 0. The standard InChI is InChI=1S/C34H35F2N5O2/c1-8-23-11-10-12-26(35)30(23)24-16-28-25(15-27(24)36)33(40-21(6)17-39(18-22(40)7)29(42)9-2)38-34(43)41(28)32-20(5)13-14-37-31(32)19(3)4/h8-16,19,21-22H,1-2,17-18H2,3-7H3/t21-,22-/m0/s1. The molecule has 222 valence electrons. The molecule has 2 atom stereocenters. The van der Waals surface area contributed by atoms with Crippen LogP contribution in [0.5, 0.6) is 0 Å². The summed E-state index contributed by atoms with van der Waals surface area (Å²) in [4.78, 5) is 39.3. The van der Waals surface area contributed by atoms with Crippen molar-refractivity contribution in [3.05, 3.63) is 101 Å². The Morgan fingerprint density at radius 3 is 2.40 bits per heavy atom. The second-order valence-corrected chi connectivity index (χ2v) is 11.4. The fraction of sp³-hybridized carbons (Fsp3) is 0.294. The predicted octanol–water partition coefficient (Wildman–Crippen LogP) is 6.41. The van der Waals surface area contributed by atoms with Crippen LogP contribution in [0.15, 0.2) is 66.6 Å². The zero-order valence-electron chi connectivity index (χ0n) is 25.1. The molecule has 7 nitrogen and oxygen atoms in total. The number of rotatable bonds is 6. The van der Waals surface area contributed by atoms with Crippen LogP contribution in [0.25, 0.3) is 33.8 Å². The minimum Gasteiger partial charge on any atom is -0.347 e. The molecule has 2 aromatic heterocycles. The molecule has 1 aliphatic rings. The Hall–Kier alpha value is -4.66. The number of carbonyl (C=O) groups excluding carboxylic acids is 1. The lowest BCUT2D eigenvalue weighted by molar-refractivity contribution is -0.127. The van der Waals surface area contributed by atoms with E-state index in [0.717, 1.165) is 5.56 Å². The molecule has 0 aliphatic carbocycles. The van der Waals surface area contributed by atoms with E-state index >= 15 is 8.78 Å². The number of fused-ring (bicyclic) bond motifs is 1. The van der Waals surface area contributed by atoms with Gasteiger partial charge < -0.3 is 9.80 Å². The van der Waals surface area contributed by atoms with Crippen LogP contribution in [0.4, 0.5) is 14.6 Å². The van der Waals surface area contributed by atoms with E-state index in [1.807, 2.05) is 45.6 Å². The van der Waals surface area contributed by atoms with Gasteiger partial charge in [0.1, 0.15) is 17.5 Å². The molecule has 5 rings (SSSR count). The predicted molar refractivity (Wildman–Crippen MR) is 168 cm³/mol. The van der Waals surface area contributed by atoms with Crippen LogP contribution in [-0.4, -0.2) is 50.5 Å². The highest BCUT2D eigenvalue weighted by Gasteiger charge is 2.34. The maximum absolute atomic E-state index is 16.2. The summed E-state index contributed by atoms with van der Waals surface area (Å²) in [6.45, 7) is 17.8. The Bertz CT molecular complexity index is 1820. The lowest BCUT2D eigenvalue weighted by Crippen LogP contribution is -2.58. The molecule has 0 saturated carbocycles. The van der Waals surface area contributed by atoms with Gasteiger partial charge in [-0.1, -0.05) is 45.2 Å². The van der Waals surface area contributed by atoms with Gasteiger partial charge >= 0.3 is 5.69 Å². The molecule has 4 aromatic rings. The molecule has 0 radical (unpaired) electrons. The van der Waals surface area contributed by atoms with Crippen molar-refractivity contribution in [3.63, 3.8) is 0 Å². The molecule has 0 spiro atoms. The van der Waals surface area contributed by atoms with Crippen LogP contribution in [0, 0.1) is 18.6 Å². The number of anilines is 1. The van der Waals surface area contributed by atoms with Crippen LogP contribution in [0.3, 0.4) is 0 Å². The lowest BCUT2D eigenvalue weighted by Gasteiger charge is -2.45. The number of aryl methyl sites for hydroxylation is 1. The molecular weight excluding hydrogens is 548 g/mol. The van der Waals surface area contributed by atoms with Crippen molar-refractivity contribution >= 4 is 28.7 Å². The lowest BCUT2D eigenvalue weighted by atomic mass is 9.96. The molecule has 9 heteroatoms. The largest absolute Gasteiger partial charge is 0.354 e. The highest BCUT2D eigenvalue weighted by Crippen LogP contribution is 2.38. The first-order chi connectivity index (χ1) is 20.5. The van der Waals surface area contributed by atoms with Crippen LogP contribution in [-0.2, 0) is 4.79 Å². The normalized spacial score (nSPS) is 17.0.